The molecule has 0 aliphatic heterocycles. The molecule has 14 heavy (non-hydrogen) atoms. The van der Waals surface area contributed by atoms with Gasteiger partial charge in [-0.25, -0.2) is 0 Å². The Morgan fingerprint density at radius 2 is 2.21 bits per heavy atom. The van der Waals surface area contributed by atoms with Gasteiger partial charge in [-0.3, -0.25) is 4.79 Å². The third kappa shape index (κ3) is 3.66. The molecular weight excluding hydrogens is 178 g/mol. The molecular formula is C11H21NO2. The molecule has 0 bridgehead atoms. The first-order valence-corrected chi connectivity index (χ1v) is 5.53. The molecule has 0 radical (unpaired) electrons. The number of hydrogen-bond acceptors (Lipinski definition) is 3. The summed E-state index contributed by atoms with van der Waals surface area (Å²) in [6.45, 7) is 6.61. The van der Waals surface area contributed by atoms with Gasteiger partial charge in [0.1, 0.15) is 0 Å². The molecule has 1 atom stereocenters. The van der Waals surface area contributed by atoms with Crippen LogP contribution in [0.2, 0.25) is 0 Å². The first-order valence-electron chi connectivity index (χ1n) is 5.53. The van der Waals surface area contributed by atoms with Gasteiger partial charge in [-0.1, -0.05) is 6.92 Å². The van der Waals surface area contributed by atoms with Crippen LogP contribution in [0.4, 0.5) is 0 Å². The Balaban J connectivity index is 2.09. The smallest absolute Gasteiger partial charge is 0.307 e. The van der Waals surface area contributed by atoms with E-state index in [1.165, 1.54) is 12.8 Å². The van der Waals surface area contributed by atoms with E-state index in [2.05, 4.69) is 12.2 Å². The van der Waals surface area contributed by atoms with Crippen LogP contribution in [-0.4, -0.2) is 24.7 Å². The van der Waals surface area contributed by atoms with Gasteiger partial charge in [-0.05, 0) is 32.6 Å². The van der Waals surface area contributed by atoms with E-state index in [0.29, 0.717) is 19.1 Å². The number of hydrogen-bond donors (Lipinski definition) is 1. The van der Waals surface area contributed by atoms with Crippen LogP contribution >= 0.6 is 0 Å². The third-order valence-electron chi connectivity index (χ3n) is 2.67. The number of ether oxygens (including phenoxy) is 1. The lowest BCUT2D eigenvalue weighted by atomic mass is 9.81. The highest BCUT2D eigenvalue weighted by molar-refractivity contribution is 5.70. The van der Waals surface area contributed by atoms with Crippen molar-refractivity contribution in [2.24, 2.45) is 5.92 Å². The summed E-state index contributed by atoms with van der Waals surface area (Å²) < 4.78 is 4.89. The SMILES string of the molecule is CCOC(=O)CC(C)NC1CC(C)C1. The largest absolute Gasteiger partial charge is 0.466 e. The molecule has 0 saturated heterocycles. The predicted octanol–water partition coefficient (Wildman–Crippen LogP) is 1.72. The zero-order valence-corrected chi connectivity index (χ0v) is 9.38. The van der Waals surface area contributed by atoms with Gasteiger partial charge in [-0.15, -0.1) is 0 Å². The van der Waals surface area contributed by atoms with Crippen LogP contribution in [-0.2, 0) is 9.53 Å². The van der Waals surface area contributed by atoms with Gasteiger partial charge in [0.25, 0.3) is 0 Å². The number of carbonyl (C=O) groups is 1. The molecule has 82 valence electrons. The minimum absolute atomic E-state index is 0.0973. The van der Waals surface area contributed by atoms with Crippen LogP contribution in [0.5, 0.6) is 0 Å². The average Bonchev–Trinajstić information content (AvgIpc) is 2.01. The van der Waals surface area contributed by atoms with Gasteiger partial charge in [0.2, 0.25) is 0 Å². The van der Waals surface area contributed by atoms with Crippen LogP contribution < -0.4 is 5.32 Å². The summed E-state index contributed by atoms with van der Waals surface area (Å²) in [7, 11) is 0. The van der Waals surface area contributed by atoms with E-state index < -0.39 is 0 Å². The quantitative estimate of drug-likeness (QED) is 0.685. The Morgan fingerprint density at radius 3 is 2.71 bits per heavy atom. The fraction of sp³-hybridized carbons (Fsp3) is 0.909. The molecule has 1 N–H and O–H groups in total. The zero-order chi connectivity index (χ0) is 10.6. The van der Waals surface area contributed by atoms with Crippen molar-refractivity contribution in [2.75, 3.05) is 6.61 Å². The maximum Gasteiger partial charge on any atom is 0.307 e. The van der Waals surface area contributed by atoms with Crippen molar-refractivity contribution in [3.05, 3.63) is 0 Å². The molecule has 0 aromatic rings. The minimum Gasteiger partial charge on any atom is -0.466 e. The second-order valence-corrected chi connectivity index (χ2v) is 4.35. The first kappa shape index (κ1) is 11.5. The lowest BCUT2D eigenvalue weighted by Crippen LogP contribution is -2.45. The van der Waals surface area contributed by atoms with Gasteiger partial charge in [0.05, 0.1) is 13.0 Å². The molecule has 0 aromatic heterocycles. The monoisotopic (exact) mass is 199 g/mol. The number of rotatable bonds is 5. The topological polar surface area (TPSA) is 38.3 Å². The van der Waals surface area contributed by atoms with E-state index in [1.54, 1.807) is 0 Å². The van der Waals surface area contributed by atoms with Crippen molar-refractivity contribution in [3.8, 4) is 0 Å². The Bertz CT molecular complexity index is 188. The molecule has 0 aromatic carbocycles. The standard InChI is InChI=1S/C11H21NO2/c1-4-14-11(13)7-9(3)12-10-5-8(2)6-10/h8-10,12H,4-7H2,1-3H3. The summed E-state index contributed by atoms with van der Waals surface area (Å²) >= 11 is 0. The molecule has 1 aliphatic rings. The molecule has 0 spiro atoms. The molecule has 1 fully saturated rings. The summed E-state index contributed by atoms with van der Waals surface area (Å²) in [5.74, 6) is 0.752. The zero-order valence-electron chi connectivity index (χ0n) is 9.38. The Labute approximate surface area is 86.2 Å². The maximum absolute atomic E-state index is 11.1. The lowest BCUT2D eigenvalue weighted by Gasteiger charge is -2.35. The molecule has 0 amide bonds. The first-order chi connectivity index (χ1) is 6.61. The number of carbonyl (C=O) groups excluding carboxylic acids is 1. The molecule has 0 heterocycles. The molecule has 1 unspecified atom stereocenters. The summed E-state index contributed by atoms with van der Waals surface area (Å²) in [6.07, 6.45) is 2.97. The van der Waals surface area contributed by atoms with Gasteiger partial charge in [-0.2, -0.15) is 0 Å². The fourth-order valence-corrected chi connectivity index (χ4v) is 1.97. The van der Waals surface area contributed by atoms with Crippen LogP contribution in [0.15, 0.2) is 0 Å². The van der Waals surface area contributed by atoms with Gasteiger partial charge >= 0.3 is 5.97 Å². The Kier molecular flexibility index (Phi) is 4.39. The molecule has 1 saturated carbocycles. The van der Waals surface area contributed by atoms with Crippen molar-refractivity contribution in [1.82, 2.24) is 5.32 Å². The van der Waals surface area contributed by atoms with Crippen LogP contribution in [0.1, 0.15) is 40.0 Å². The molecule has 1 aliphatic carbocycles. The number of nitrogens with one attached hydrogen (secondary N) is 1. The summed E-state index contributed by atoms with van der Waals surface area (Å²) in [6, 6.07) is 0.862. The highest BCUT2D eigenvalue weighted by Crippen LogP contribution is 2.26. The van der Waals surface area contributed by atoms with Crippen LogP contribution in [0, 0.1) is 5.92 Å². The summed E-state index contributed by atoms with van der Waals surface area (Å²) in [4.78, 5) is 11.1. The molecule has 3 nitrogen and oxygen atoms in total. The minimum atomic E-state index is -0.0973. The number of esters is 1. The van der Waals surface area contributed by atoms with Crippen LogP contribution in [0.3, 0.4) is 0 Å². The molecule has 3 heteroatoms. The van der Waals surface area contributed by atoms with E-state index in [1.807, 2.05) is 13.8 Å². The maximum atomic E-state index is 11.1. The summed E-state index contributed by atoms with van der Waals surface area (Å²) in [5, 5.41) is 3.44. The second-order valence-electron chi connectivity index (χ2n) is 4.35. The average molecular weight is 199 g/mol. The Hall–Kier alpha value is -0.570. The van der Waals surface area contributed by atoms with Crippen molar-refractivity contribution in [3.63, 3.8) is 0 Å². The highest BCUT2D eigenvalue weighted by Gasteiger charge is 2.26. The van der Waals surface area contributed by atoms with Crippen molar-refractivity contribution < 1.29 is 9.53 Å². The molecule has 1 rings (SSSR count). The van der Waals surface area contributed by atoms with E-state index >= 15 is 0 Å². The van der Waals surface area contributed by atoms with Crippen molar-refractivity contribution >= 4 is 5.97 Å². The van der Waals surface area contributed by atoms with E-state index in [9.17, 15) is 4.79 Å². The van der Waals surface area contributed by atoms with Crippen molar-refractivity contribution in [2.45, 2.75) is 52.1 Å². The van der Waals surface area contributed by atoms with E-state index in [4.69, 9.17) is 4.74 Å². The van der Waals surface area contributed by atoms with Gasteiger partial charge in [0.15, 0.2) is 0 Å². The van der Waals surface area contributed by atoms with E-state index in [-0.39, 0.29) is 12.0 Å². The summed E-state index contributed by atoms with van der Waals surface area (Å²) in [5.41, 5.74) is 0. The van der Waals surface area contributed by atoms with Gasteiger partial charge < -0.3 is 10.1 Å². The van der Waals surface area contributed by atoms with Gasteiger partial charge in [0, 0.05) is 12.1 Å². The van der Waals surface area contributed by atoms with E-state index in [0.717, 1.165) is 5.92 Å². The Morgan fingerprint density at radius 1 is 1.57 bits per heavy atom. The fourth-order valence-electron chi connectivity index (χ4n) is 1.97. The van der Waals surface area contributed by atoms with Crippen LogP contribution in [0.25, 0.3) is 0 Å². The normalized spacial score (nSPS) is 27.9. The highest BCUT2D eigenvalue weighted by atomic mass is 16.5. The lowest BCUT2D eigenvalue weighted by molar-refractivity contribution is -0.143. The predicted molar refractivity (Wildman–Crippen MR) is 56.0 cm³/mol. The van der Waals surface area contributed by atoms with Crippen molar-refractivity contribution in [1.29, 1.82) is 0 Å². The third-order valence-corrected chi connectivity index (χ3v) is 2.67. The second kappa shape index (κ2) is 5.35.